The molecule has 0 bridgehead atoms. The van der Waals surface area contributed by atoms with Gasteiger partial charge in [0.15, 0.2) is 0 Å². The monoisotopic (exact) mass is 391 g/mol. The second kappa shape index (κ2) is 8.39. The van der Waals surface area contributed by atoms with Crippen LogP contribution in [0, 0.1) is 6.92 Å². The van der Waals surface area contributed by atoms with E-state index in [2.05, 4.69) is 15.7 Å². The maximum absolute atomic E-state index is 12.8. The number of benzene rings is 2. The Kier molecular flexibility index (Phi) is 5.73. The second-order valence-corrected chi connectivity index (χ2v) is 6.50. The highest BCUT2D eigenvalue weighted by molar-refractivity contribution is 6.07. The Morgan fingerprint density at radius 2 is 1.86 bits per heavy atom. The predicted octanol–water partition coefficient (Wildman–Crippen LogP) is 2.88. The molecule has 8 nitrogen and oxygen atoms in total. The van der Waals surface area contributed by atoms with Gasteiger partial charge in [0.05, 0.1) is 17.6 Å². The summed E-state index contributed by atoms with van der Waals surface area (Å²) in [5, 5.41) is 9.78. The third-order valence-electron chi connectivity index (χ3n) is 4.22. The number of amides is 3. The maximum Gasteiger partial charge on any atom is 0.255 e. The fourth-order valence-corrected chi connectivity index (χ4v) is 2.72. The zero-order chi connectivity index (χ0) is 21.0. The molecule has 0 aliphatic heterocycles. The lowest BCUT2D eigenvalue weighted by molar-refractivity contribution is -0.115. The van der Waals surface area contributed by atoms with E-state index >= 15 is 0 Å². The Labute approximate surface area is 167 Å². The Bertz CT molecular complexity index is 1090. The topological polar surface area (TPSA) is 119 Å². The lowest BCUT2D eigenvalue weighted by Gasteiger charge is -2.13. The summed E-state index contributed by atoms with van der Waals surface area (Å²) in [6.45, 7) is 3.64. The van der Waals surface area contributed by atoms with Gasteiger partial charge in [0.1, 0.15) is 0 Å². The van der Waals surface area contributed by atoms with Crippen molar-refractivity contribution in [3.63, 3.8) is 0 Å². The molecule has 1 heterocycles. The Hall–Kier alpha value is -3.94. The van der Waals surface area contributed by atoms with Crippen molar-refractivity contribution in [2.75, 3.05) is 10.6 Å². The zero-order valence-corrected chi connectivity index (χ0v) is 16.1. The van der Waals surface area contributed by atoms with Gasteiger partial charge in [0.25, 0.3) is 5.91 Å². The van der Waals surface area contributed by atoms with Crippen molar-refractivity contribution in [1.29, 1.82) is 0 Å². The normalized spacial score (nSPS) is 10.4. The third-order valence-corrected chi connectivity index (χ3v) is 4.22. The van der Waals surface area contributed by atoms with Crippen LogP contribution in [0.25, 0.3) is 5.69 Å². The lowest BCUT2D eigenvalue weighted by atomic mass is 10.1. The molecule has 3 aromatic rings. The summed E-state index contributed by atoms with van der Waals surface area (Å²) in [5.74, 6) is -1.15. The fraction of sp³-hybridized carbons (Fsp3) is 0.143. The number of aryl methyl sites for hydroxylation is 1. The number of anilines is 2. The van der Waals surface area contributed by atoms with Crippen LogP contribution < -0.4 is 16.4 Å². The predicted molar refractivity (Wildman–Crippen MR) is 110 cm³/mol. The zero-order valence-electron chi connectivity index (χ0n) is 16.1. The van der Waals surface area contributed by atoms with Crippen LogP contribution in [-0.2, 0) is 4.79 Å². The Morgan fingerprint density at radius 1 is 1.07 bits per heavy atom. The van der Waals surface area contributed by atoms with Crippen LogP contribution in [0.4, 0.5) is 11.4 Å². The highest BCUT2D eigenvalue weighted by Gasteiger charge is 2.14. The molecule has 1 aromatic heterocycles. The van der Waals surface area contributed by atoms with Crippen LogP contribution in [-0.4, -0.2) is 27.5 Å². The third kappa shape index (κ3) is 4.67. The summed E-state index contributed by atoms with van der Waals surface area (Å²) in [5.41, 5.74) is 8.44. The van der Waals surface area contributed by atoms with Crippen LogP contribution in [0.15, 0.2) is 54.9 Å². The van der Waals surface area contributed by atoms with E-state index in [1.807, 2.05) is 6.92 Å². The minimum absolute atomic E-state index is 0.145. The molecule has 148 valence electrons. The van der Waals surface area contributed by atoms with Crippen LogP contribution >= 0.6 is 0 Å². The first kappa shape index (κ1) is 19.8. The summed E-state index contributed by atoms with van der Waals surface area (Å²) in [6.07, 6.45) is 3.83. The largest absolute Gasteiger partial charge is 0.366 e. The molecular formula is C21H21N5O3. The average Bonchev–Trinajstić information content (AvgIpc) is 3.14. The number of nitrogens with one attached hydrogen (secondary N) is 2. The van der Waals surface area contributed by atoms with Crippen molar-refractivity contribution in [3.8, 4) is 5.69 Å². The van der Waals surface area contributed by atoms with Crippen molar-refractivity contribution in [2.24, 2.45) is 5.73 Å². The number of hydrogen-bond acceptors (Lipinski definition) is 4. The molecule has 4 N–H and O–H groups in total. The molecule has 0 saturated carbocycles. The number of primary amides is 1. The molecule has 8 heteroatoms. The van der Waals surface area contributed by atoms with Gasteiger partial charge in [0.2, 0.25) is 11.8 Å². The SMILES string of the molecule is CCC(=O)Nc1cccc(C(=O)Nc2cc(C(N)=O)ccc2-n2cc(C)cn2)c1. The molecule has 0 atom stereocenters. The molecule has 29 heavy (non-hydrogen) atoms. The van der Waals surface area contributed by atoms with Gasteiger partial charge in [-0.25, -0.2) is 4.68 Å². The second-order valence-electron chi connectivity index (χ2n) is 6.50. The van der Waals surface area contributed by atoms with E-state index in [1.54, 1.807) is 60.4 Å². The molecule has 0 spiro atoms. The first-order valence-corrected chi connectivity index (χ1v) is 9.04. The highest BCUT2D eigenvalue weighted by atomic mass is 16.2. The van der Waals surface area contributed by atoms with Gasteiger partial charge in [-0.1, -0.05) is 13.0 Å². The van der Waals surface area contributed by atoms with E-state index < -0.39 is 11.8 Å². The van der Waals surface area contributed by atoms with E-state index in [0.717, 1.165) is 5.56 Å². The minimum atomic E-state index is -0.604. The van der Waals surface area contributed by atoms with E-state index in [-0.39, 0.29) is 11.5 Å². The molecule has 2 aromatic carbocycles. The number of nitrogens with zero attached hydrogens (tertiary/aromatic N) is 2. The van der Waals surface area contributed by atoms with E-state index in [0.29, 0.717) is 29.0 Å². The number of rotatable bonds is 6. The van der Waals surface area contributed by atoms with Crippen LogP contribution in [0.3, 0.4) is 0 Å². The molecule has 0 unspecified atom stereocenters. The van der Waals surface area contributed by atoms with Gasteiger partial charge in [-0.3, -0.25) is 14.4 Å². The van der Waals surface area contributed by atoms with Gasteiger partial charge in [-0.2, -0.15) is 5.10 Å². The average molecular weight is 391 g/mol. The van der Waals surface area contributed by atoms with Gasteiger partial charge in [-0.05, 0) is 48.9 Å². The Balaban J connectivity index is 1.93. The molecule has 3 rings (SSSR count). The van der Waals surface area contributed by atoms with Gasteiger partial charge in [-0.15, -0.1) is 0 Å². The van der Waals surface area contributed by atoms with Crippen LogP contribution in [0.2, 0.25) is 0 Å². The van der Waals surface area contributed by atoms with E-state index in [1.165, 1.54) is 6.07 Å². The van der Waals surface area contributed by atoms with E-state index in [9.17, 15) is 14.4 Å². The summed E-state index contributed by atoms with van der Waals surface area (Å²) >= 11 is 0. The first-order chi connectivity index (χ1) is 13.9. The quantitative estimate of drug-likeness (QED) is 0.598. The van der Waals surface area contributed by atoms with Crippen LogP contribution in [0.5, 0.6) is 0 Å². The standard InChI is InChI=1S/C21H21N5O3/c1-3-19(27)24-16-6-4-5-15(9-16)21(29)25-17-10-14(20(22)28)7-8-18(17)26-12-13(2)11-23-26/h4-12H,3H2,1-2H3,(H2,22,28)(H,24,27)(H,25,29). The van der Waals surface area contributed by atoms with Crippen molar-refractivity contribution in [2.45, 2.75) is 20.3 Å². The maximum atomic E-state index is 12.8. The van der Waals surface area contributed by atoms with Crippen molar-refractivity contribution in [3.05, 3.63) is 71.5 Å². The van der Waals surface area contributed by atoms with Crippen molar-refractivity contribution < 1.29 is 14.4 Å². The number of carbonyl (C=O) groups is 3. The Morgan fingerprint density at radius 3 is 2.52 bits per heavy atom. The summed E-state index contributed by atoms with van der Waals surface area (Å²) in [6, 6.07) is 11.3. The molecule has 0 saturated heterocycles. The number of nitrogens with two attached hydrogens (primary N) is 1. The molecule has 0 radical (unpaired) electrons. The van der Waals surface area contributed by atoms with Gasteiger partial charge in [0, 0.05) is 29.4 Å². The molecule has 0 fully saturated rings. The highest BCUT2D eigenvalue weighted by Crippen LogP contribution is 2.23. The van der Waals surface area contributed by atoms with Crippen LogP contribution in [0.1, 0.15) is 39.6 Å². The molecule has 0 aliphatic rings. The van der Waals surface area contributed by atoms with Gasteiger partial charge >= 0.3 is 0 Å². The smallest absolute Gasteiger partial charge is 0.255 e. The molecule has 0 aliphatic carbocycles. The van der Waals surface area contributed by atoms with Gasteiger partial charge < -0.3 is 16.4 Å². The van der Waals surface area contributed by atoms with Crippen molar-refractivity contribution >= 4 is 29.1 Å². The number of carbonyl (C=O) groups excluding carboxylic acids is 3. The lowest BCUT2D eigenvalue weighted by Crippen LogP contribution is -2.17. The van der Waals surface area contributed by atoms with E-state index in [4.69, 9.17) is 5.73 Å². The van der Waals surface area contributed by atoms with Crippen molar-refractivity contribution in [1.82, 2.24) is 9.78 Å². The number of aromatic nitrogens is 2. The fourth-order valence-electron chi connectivity index (χ4n) is 2.72. The molecule has 3 amide bonds. The summed E-state index contributed by atoms with van der Waals surface area (Å²) in [4.78, 5) is 36.0. The first-order valence-electron chi connectivity index (χ1n) is 9.04. The minimum Gasteiger partial charge on any atom is -0.366 e. The summed E-state index contributed by atoms with van der Waals surface area (Å²) < 4.78 is 1.60. The summed E-state index contributed by atoms with van der Waals surface area (Å²) in [7, 11) is 0. The number of hydrogen-bond donors (Lipinski definition) is 3. The molecular weight excluding hydrogens is 370 g/mol.